The molecule has 3 N–H and O–H groups in total. The zero-order valence-electron chi connectivity index (χ0n) is 6.37. The third-order valence-corrected chi connectivity index (χ3v) is 1.42. The molecular weight excluding hydrogens is 182 g/mol. The number of halogens is 2. The summed E-state index contributed by atoms with van der Waals surface area (Å²) in [6, 6.07) is 0.826. The van der Waals surface area contributed by atoms with Crippen molar-refractivity contribution in [1.29, 1.82) is 0 Å². The fourth-order valence-electron chi connectivity index (χ4n) is 0.848. The molecule has 0 spiro atoms. The first-order valence-corrected chi connectivity index (χ1v) is 3.29. The van der Waals surface area contributed by atoms with E-state index in [2.05, 4.69) is 4.98 Å². The first-order chi connectivity index (χ1) is 6.06. The van der Waals surface area contributed by atoms with E-state index in [0.29, 0.717) is 0 Å². The number of aldehydes is 1. The van der Waals surface area contributed by atoms with Crippen LogP contribution >= 0.6 is 0 Å². The molecule has 0 saturated carbocycles. The fraction of sp³-hybridized carbons (Fsp3) is 0.143. The molecule has 0 unspecified atom stereocenters. The van der Waals surface area contributed by atoms with Crippen LogP contribution in [-0.2, 0) is 0 Å². The predicted octanol–water partition coefficient (Wildman–Crippen LogP) is 1.12. The number of aromatic hydroxyl groups is 1. The summed E-state index contributed by atoms with van der Waals surface area (Å²) in [5, 5.41) is 9.05. The van der Waals surface area contributed by atoms with Crippen LogP contribution in [-0.4, -0.2) is 16.4 Å². The van der Waals surface area contributed by atoms with Gasteiger partial charge in [-0.2, -0.15) is 0 Å². The second-order valence-electron chi connectivity index (χ2n) is 2.29. The zero-order valence-corrected chi connectivity index (χ0v) is 6.37. The van der Waals surface area contributed by atoms with Gasteiger partial charge in [-0.05, 0) is 6.07 Å². The molecule has 0 aliphatic carbocycles. The summed E-state index contributed by atoms with van der Waals surface area (Å²) in [6.07, 6.45) is -2.72. The van der Waals surface area contributed by atoms with Crippen molar-refractivity contribution in [2.24, 2.45) is 0 Å². The minimum Gasteiger partial charge on any atom is -0.505 e. The predicted molar refractivity (Wildman–Crippen MR) is 40.7 cm³/mol. The highest BCUT2D eigenvalue weighted by Gasteiger charge is 2.17. The quantitative estimate of drug-likeness (QED) is 0.682. The Kier molecular flexibility index (Phi) is 2.41. The van der Waals surface area contributed by atoms with Crippen molar-refractivity contribution in [3.8, 4) is 5.75 Å². The van der Waals surface area contributed by atoms with Gasteiger partial charge < -0.3 is 10.8 Å². The number of nitrogen functional groups attached to an aromatic ring is 1. The number of aromatic nitrogens is 1. The standard InChI is InChI=1S/C7H6F2N2O2/c8-7(9)3-1-5(10)11-4(2-12)6(3)13/h1-2,7,13H,(H2,10,11). The fourth-order valence-corrected chi connectivity index (χ4v) is 0.848. The number of carbonyl (C=O) groups excluding carboxylic acids is 1. The SMILES string of the molecule is Nc1cc(C(F)F)c(O)c(C=O)n1. The number of carbonyl (C=O) groups is 1. The number of nitrogens with zero attached hydrogens (tertiary/aromatic N) is 1. The Hall–Kier alpha value is -1.72. The largest absolute Gasteiger partial charge is 0.505 e. The number of pyridine rings is 1. The second kappa shape index (κ2) is 3.34. The smallest absolute Gasteiger partial charge is 0.267 e. The molecule has 0 atom stereocenters. The van der Waals surface area contributed by atoms with E-state index in [0.717, 1.165) is 6.07 Å². The highest BCUT2D eigenvalue weighted by molar-refractivity contribution is 5.78. The molecular formula is C7H6F2N2O2. The summed E-state index contributed by atoms with van der Waals surface area (Å²) < 4.78 is 24.3. The molecule has 1 rings (SSSR count). The number of nitrogens with two attached hydrogens (primary N) is 1. The van der Waals surface area contributed by atoms with Gasteiger partial charge in [0.25, 0.3) is 6.43 Å². The molecule has 6 heteroatoms. The molecule has 0 bridgehead atoms. The van der Waals surface area contributed by atoms with Crippen LogP contribution in [0.1, 0.15) is 22.5 Å². The van der Waals surface area contributed by atoms with Crippen LogP contribution in [0, 0.1) is 0 Å². The zero-order chi connectivity index (χ0) is 10.0. The van der Waals surface area contributed by atoms with Crippen LogP contribution in [0.15, 0.2) is 6.07 Å². The second-order valence-corrected chi connectivity index (χ2v) is 2.29. The lowest BCUT2D eigenvalue weighted by Gasteiger charge is -2.05. The lowest BCUT2D eigenvalue weighted by molar-refractivity contribution is 0.111. The number of hydrogen-bond donors (Lipinski definition) is 2. The van der Waals surface area contributed by atoms with E-state index in [1.165, 1.54) is 0 Å². The van der Waals surface area contributed by atoms with Gasteiger partial charge in [0.05, 0.1) is 5.56 Å². The van der Waals surface area contributed by atoms with Gasteiger partial charge in [-0.3, -0.25) is 4.79 Å². The third kappa shape index (κ3) is 1.71. The van der Waals surface area contributed by atoms with Crippen molar-refractivity contribution in [2.45, 2.75) is 6.43 Å². The molecule has 0 aromatic carbocycles. The van der Waals surface area contributed by atoms with Gasteiger partial charge in [-0.15, -0.1) is 0 Å². The third-order valence-electron chi connectivity index (χ3n) is 1.42. The molecule has 1 aromatic heterocycles. The topological polar surface area (TPSA) is 76.2 Å². The Morgan fingerprint density at radius 3 is 2.69 bits per heavy atom. The summed E-state index contributed by atoms with van der Waals surface area (Å²) >= 11 is 0. The first-order valence-electron chi connectivity index (χ1n) is 3.29. The molecule has 70 valence electrons. The van der Waals surface area contributed by atoms with Gasteiger partial charge in [0.15, 0.2) is 12.0 Å². The van der Waals surface area contributed by atoms with Gasteiger partial charge in [0.2, 0.25) is 0 Å². The van der Waals surface area contributed by atoms with Crippen LogP contribution in [0.5, 0.6) is 5.75 Å². The van der Waals surface area contributed by atoms with E-state index < -0.39 is 23.4 Å². The molecule has 0 aliphatic heterocycles. The maximum atomic E-state index is 12.2. The average molecular weight is 188 g/mol. The summed E-state index contributed by atoms with van der Waals surface area (Å²) in [5.41, 5.74) is 3.97. The van der Waals surface area contributed by atoms with Crippen molar-refractivity contribution in [1.82, 2.24) is 4.98 Å². The van der Waals surface area contributed by atoms with E-state index in [1.807, 2.05) is 0 Å². The summed E-state index contributed by atoms with van der Waals surface area (Å²) in [7, 11) is 0. The van der Waals surface area contributed by atoms with Gasteiger partial charge in [-0.25, -0.2) is 13.8 Å². The lowest BCUT2D eigenvalue weighted by atomic mass is 10.2. The molecule has 0 amide bonds. The number of alkyl halides is 2. The Bertz CT molecular complexity index is 342. The Labute approximate surface area is 72.0 Å². The van der Waals surface area contributed by atoms with Crippen molar-refractivity contribution >= 4 is 12.1 Å². The van der Waals surface area contributed by atoms with Crippen molar-refractivity contribution in [3.05, 3.63) is 17.3 Å². The highest BCUT2D eigenvalue weighted by atomic mass is 19.3. The van der Waals surface area contributed by atoms with E-state index in [4.69, 9.17) is 10.8 Å². The molecule has 1 heterocycles. The average Bonchev–Trinajstić information content (AvgIpc) is 2.08. The molecule has 4 nitrogen and oxygen atoms in total. The van der Waals surface area contributed by atoms with E-state index in [1.54, 1.807) is 0 Å². The van der Waals surface area contributed by atoms with Gasteiger partial charge in [0.1, 0.15) is 11.5 Å². The van der Waals surface area contributed by atoms with Gasteiger partial charge in [-0.1, -0.05) is 0 Å². The van der Waals surface area contributed by atoms with E-state index in [-0.39, 0.29) is 12.1 Å². The highest BCUT2D eigenvalue weighted by Crippen LogP contribution is 2.30. The molecule has 0 radical (unpaired) electrons. The van der Waals surface area contributed by atoms with Crippen LogP contribution < -0.4 is 5.73 Å². The number of rotatable bonds is 2. The summed E-state index contributed by atoms with van der Waals surface area (Å²) in [5.74, 6) is -1.05. The normalized spacial score (nSPS) is 10.4. The van der Waals surface area contributed by atoms with Crippen LogP contribution in [0.4, 0.5) is 14.6 Å². The number of anilines is 1. The van der Waals surface area contributed by atoms with Gasteiger partial charge >= 0.3 is 0 Å². The van der Waals surface area contributed by atoms with E-state index >= 15 is 0 Å². The molecule has 13 heavy (non-hydrogen) atoms. The first kappa shape index (κ1) is 9.37. The maximum absolute atomic E-state index is 12.2. The molecule has 0 saturated heterocycles. The monoisotopic (exact) mass is 188 g/mol. The Balaban J connectivity index is 3.35. The van der Waals surface area contributed by atoms with Crippen LogP contribution in [0.2, 0.25) is 0 Å². The van der Waals surface area contributed by atoms with Crippen molar-refractivity contribution in [3.63, 3.8) is 0 Å². The minimum atomic E-state index is -2.89. The van der Waals surface area contributed by atoms with Crippen LogP contribution in [0.25, 0.3) is 0 Å². The Morgan fingerprint density at radius 2 is 2.23 bits per heavy atom. The maximum Gasteiger partial charge on any atom is 0.267 e. The van der Waals surface area contributed by atoms with Gasteiger partial charge in [0, 0.05) is 0 Å². The number of hydrogen-bond acceptors (Lipinski definition) is 4. The minimum absolute atomic E-state index is 0.164. The van der Waals surface area contributed by atoms with Crippen molar-refractivity contribution in [2.75, 3.05) is 5.73 Å². The summed E-state index contributed by atoms with van der Waals surface area (Å²) in [6.45, 7) is 0. The lowest BCUT2D eigenvalue weighted by Crippen LogP contribution is -1.99. The van der Waals surface area contributed by atoms with E-state index in [9.17, 15) is 13.6 Å². The van der Waals surface area contributed by atoms with Crippen LogP contribution in [0.3, 0.4) is 0 Å². The molecule has 0 aliphatic rings. The summed E-state index contributed by atoms with van der Waals surface area (Å²) in [4.78, 5) is 13.6. The van der Waals surface area contributed by atoms with Crippen molar-refractivity contribution < 1.29 is 18.7 Å². The Morgan fingerprint density at radius 1 is 1.62 bits per heavy atom. The molecule has 0 fully saturated rings. The molecule has 1 aromatic rings.